The quantitative estimate of drug-likeness (QED) is 0.267. The maximum absolute atomic E-state index is 12.6. The first-order valence-corrected chi connectivity index (χ1v) is 12.0. The first-order chi connectivity index (χ1) is 16.9. The lowest BCUT2D eigenvalue weighted by Gasteiger charge is -2.16. The molecule has 35 heavy (non-hydrogen) atoms. The van der Waals surface area contributed by atoms with E-state index in [-0.39, 0.29) is 25.5 Å². The smallest absolute Gasteiger partial charge is 0.313 e. The van der Waals surface area contributed by atoms with E-state index in [9.17, 15) is 14.4 Å². The molecule has 9 heteroatoms. The summed E-state index contributed by atoms with van der Waals surface area (Å²) in [5.41, 5.74) is 8.41. The zero-order valence-corrected chi connectivity index (χ0v) is 20.0. The molecule has 0 fully saturated rings. The lowest BCUT2D eigenvalue weighted by Crippen LogP contribution is -2.37. The largest absolute Gasteiger partial charge is 0.493 e. The van der Waals surface area contributed by atoms with Crippen molar-refractivity contribution < 1.29 is 19.1 Å². The Bertz CT molecular complexity index is 1350. The second-order valence-electron chi connectivity index (χ2n) is 8.06. The highest BCUT2D eigenvalue weighted by Crippen LogP contribution is 2.32. The monoisotopic (exact) mass is 490 g/mol. The molecule has 0 spiro atoms. The van der Waals surface area contributed by atoms with Gasteiger partial charge in [-0.1, -0.05) is 24.3 Å². The molecule has 2 aromatic heterocycles. The van der Waals surface area contributed by atoms with Crippen LogP contribution in [-0.2, 0) is 14.4 Å². The molecule has 0 aliphatic carbocycles. The maximum atomic E-state index is 12.6. The average molecular weight is 491 g/mol. The first-order valence-electron chi connectivity index (χ1n) is 11.1. The number of rotatable bonds is 9. The number of hydrogen-bond acceptors (Lipinski definition) is 5. The summed E-state index contributed by atoms with van der Waals surface area (Å²) < 4.78 is 5.48. The number of H-pyrrole nitrogens is 1. The van der Waals surface area contributed by atoms with Crippen molar-refractivity contribution in [1.29, 1.82) is 0 Å². The summed E-state index contributed by atoms with van der Waals surface area (Å²) in [5.74, 6) is -1.46. The zero-order chi connectivity index (χ0) is 24.8. The number of carbonyl (C=O) groups is 3. The van der Waals surface area contributed by atoms with Gasteiger partial charge in [0.2, 0.25) is 5.91 Å². The van der Waals surface area contributed by atoms with Crippen LogP contribution in [0.1, 0.15) is 28.3 Å². The van der Waals surface area contributed by atoms with E-state index in [4.69, 9.17) is 10.5 Å². The fourth-order valence-corrected chi connectivity index (χ4v) is 4.67. The molecule has 0 aliphatic heterocycles. The number of nitrogens with one attached hydrogen (secondary N) is 3. The Kier molecular flexibility index (Phi) is 7.47. The average Bonchev–Trinajstić information content (AvgIpc) is 3.51. The summed E-state index contributed by atoms with van der Waals surface area (Å²) in [6, 6.07) is 17.0. The van der Waals surface area contributed by atoms with Gasteiger partial charge in [-0.3, -0.25) is 14.4 Å². The molecule has 5 N–H and O–H groups in total. The minimum Gasteiger partial charge on any atom is -0.493 e. The Morgan fingerprint density at radius 3 is 2.66 bits per heavy atom. The third kappa shape index (κ3) is 5.88. The molecular formula is C26H26N4O4S. The number of primary amides is 1. The molecule has 1 unspecified atom stereocenters. The first kappa shape index (κ1) is 24.0. The van der Waals surface area contributed by atoms with Gasteiger partial charge < -0.3 is 26.1 Å². The van der Waals surface area contributed by atoms with Crippen molar-refractivity contribution in [2.24, 2.45) is 5.73 Å². The van der Waals surface area contributed by atoms with Gasteiger partial charge in [0.1, 0.15) is 5.75 Å². The standard InChI is InChI=1S/C26H26N4O4S/c1-16-13-17(34-11-10-24(27)31)8-9-21(16)30-26(33)25(32)29-15-20(23-7-4-12-35-23)19-14-28-22-6-3-2-5-18(19)22/h2-9,12-14,20,28H,10-11,15H2,1H3,(H2,27,31)(H,29,32)(H,30,33). The lowest BCUT2D eigenvalue weighted by molar-refractivity contribution is -0.136. The van der Waals surface area contributed by atoms with Crippen LogP contribution in [0.25, 0.3) is 10.9 Å². The number of anilines is 1. The molecule has 8 nitrogen and oxygen atoms in total. The highest BCUT2D eigenvalue weighted by atomic mass is 32.1. The molecule has 0 aliphatic rings. The molecule has 180 valence electrons. The number of benzene rings is 2. The topological polar surface area (TPSA) is 126 Å². The highest BCUT2D eigenvalue weighted by molar-refractivity contribution is 7.10. The Balaban J connectivity index is 1.40. The molecule has 2 heterocycles. The van der Waals surface area contributed by atoms with Gasteiger partial charge in [-0.05, 0) is 53.8 Å². The second-order valence-corrected chi connectivity index (χ2v) is 9.04. The van der Waals surface area contributed by atoms with Crippen LogP contribution in [0.4, 0.5) is 5.69 Å². The third-order valence-corrected chi connectivity index (χ3v) is 6.61. The normalized spacial score (nSPS) is 11.7. The van der Waals surface area contributed by atoms with Gasteiger partial charge in [-0.2, -0.15) is 0 Å². The van der Waals surface area contributed by atoms with Gasteiger partial charge in [0.25, 0.3) is 0 Å². The Morgan fingerprint density at radius 2 is 1.91 bits per heavy atom. The second kappa shape index (κ2) is 10.9. The van der Waals surface area contributed by atoms with Crippen LogP contribution in [0.15, 0.2) is 66.2 Å². The van der Waals surface area contributed by atoms with Crippen LogP contribution < -0.4 is 21.1 Å². The number of amides is 3. The van der Waals surface area contributed by atoms with Crippen molar-refractivity contribution in [1.82, 2.24) is 10.3 Å². The summed E-state index contributed by atoms with van der Waals surface area (Å²) in [7, 11) is 0. The zero-order valence-electron chi connectivity index (χ0n) is 19.2. The number of ether oxygens (including phenoxy) is 1. The summed E-state index contributed by atoms with van der Waals surface area (Å²) >= 11 is 1.61. The van der Waals surface area contributed by atoms with Crippen LogP contribution in [0.5, 0.6) is 5.75 Å². The summed E-state index contributed by atoms with van der Waals surface area (Å²) in [6.45, 7) is 2.24. The Morgan fingerprint density at radius 1 is 1.09 bits per heavy atom. The van der Waals surface area contributed by atoms with E-state index in [0.29, 0.717) is 11.4 Å². The number of aromatic nitrogens is 1. The van der Waals surface area contributed by atoms with Crippen molar-refractivity contribution in [2.45, 2.75) is 19.3 Å². The number of aromatic amines is 1. The third-order valence-electron chi connectivity index (χ3n) is 5.62. The van der Waals surface area contributed by atoms with E-state index in [0.717, 1.165) is 26.9 Å². The van der Waals surface area contributed by atoms with Crippen LogP contribution in [-0.4, -0.2) is 35.9 Å². The molecular weight excluding hydrogens is 464 g/mol. The van der Waals surface area contributed by atoms with E-state index in [1.807, 2.05) is 48.0 Å². The lowest BCUT2D eigenvalue weighted by atomic mass is 9.96. The number of thiophene rings is 1. The van der Waals surface area contributed by atoms with Gasteiger partial charge in [-0.15, -0.1) is 11.3 Å². The summed E-state index contributed by atoms with van der Waals surface area (Å²) in [6.07, 6.45) is 2.07. The molecule has 0 radical (unpaired) electrons. The van der Waals surface area contributed by atoms with E-state index in [1.54, 1.807) is 36.5 Å². The van der Waals surface area contributed by atoms with E-state index in [1.165, 1.54) is 0 Å². The van der Waals surface area contributed by atoms with Crippen LogP contribution in [0.2, 0.25) is 0 Å². The molecule has 4 aromatic rings. The fourth-order valence-electron chi connectivity index (χ4n) is 3.83. The predicted octanol–water partition coefficient (Wildman–Crippen LogP) is 3.68. The SMILES string of the molecule is Cc1cc(OCCC(N)=O)ccc1NC(=O)C(=O)NCC(c1cccs1)c1c[nH]c2ccccc12. The predicted molar refractivity (Wildman–Crippen MR) is 137 cm³/mol. The van der Waals surface area contributed by atoms with Gasteiger partial charge in [0, 0.05) is 40.1 Å². The van der Waals surface area contributed by atoms with Gasteiger partial charge in [0.05, 0.1) is 13.0 Å². The van der Waals surface area contributed by atoms with E-state index >= 15 is 0 Å². The summed E-state index contributed by atoms with van der Waals surface area (Å²) in [5, 5.41) is 8.51. The van der Waals surface area contributed by atoms with Gasteiger partial charge in [0.15, 0.2) is 0 Å². The van der Waals surface area contributed by atoms with Crippen molar-refractivity contribution in [3.05, 3.63) is 82.2 Å². The van der Waals surface area contributed by atoms with E-state index < -0.39 is 17.7 Å². The van der Waals surface area contributed by atoms with Crippen molar-refractivity contribution in [2.75, 3.05) is 18.5 Å². The number of carbonyl (C=O) groups excluding carboxylic acids is 3. The minimum atomic E-state index is -0.751. The maximum Gasteiger partial charge on any atom is 0.313 e. The Labute approximate surface area is 206 Å². The molecule has 0 saturated carbocycles. The minimum absolute atomic E-state index is 0.0959. The molecule has 1 atom stereocenters. The molecule has 0 bridgehead atoms. The number of hydrogen-bond donors (Lipinski definition) is 4. The number of fused-ring (bicyclic) bond motifs is 1. The number of nitrogens with two attached hydrogens (primary N) is 1. The molecule has 3 amide bonds. The Hall–Kier alpha value is -4.11. The molecule has 4 rings (SSSR count). The highest BCUT2D eigenvalue weighted by Gasteiger charge is 2.22. The number of para-hydroxylation sites is 1. The number of aryl methyl sites for hydroxylation is 1. The molecule has 2 aromatic carbocycles. The van der Waals surface area contributed by atoms with Crippen LogP contribution in [0, 0.1) is 6.92 Å². The van der Waals surface area contributed by atoms with Crippen molar-refractivity contribution >= 4 is 45.6 Å². The molecule has 0 saturated heterocycles. The van der Waals surface area contributed by atoms with Crippen molar-refractivity contribution in [3.63, 3.8) is 0 Å². The van der Waals surface area contributed by atoms with Gasteiger partial charge >= 0.3 is 11.8 Å². The van der Waals surface area contributed by atoms with Gasteiger partial charge in [-0.25, -0.2) is 0 Å². The van der Waals surface area contributed by atoms with E-state index in [2.05, 4.69) is 15.6 Å². The fraction of sp³-hybridized carbons (Fsp3) is 0.192. The van der Waals surface area contributed by atoms with Crippen LogP contribution >= 0.6 is 11.3 Å². The van der Waals surface area contributed by atoms with Crippen LogP contribution in [0.3, 0.4) is 0 Å². The van der Waals surface area contributed by atoms with Crippen molar-refractivity contribution in [3.8, 4) is 5.75 Å². The summed E-state index contributed by atoms with van der Waals surface area (Å²) in [4.78, 5) is 40.4.